The number of rotatable bonds is 4. The van der Waals surface area contributed by atoms with Crippen LogP contribution in [0.4, 0.5) is 13.2 Å². The highest BCUT2D eigenvalue weighted by atomic mass is 32.2. The van der Waals surface area contributed by atoms with Gasteiger partial charge in [0.2, 0.25) is 0 Å². The topological polar surface area (TPSA) is 67.2 Å². The summed E-state index contributed by atoms with van der Waals surface area (Å²) >= 11 is 0. The molecule has 2 rings (SSSR count). The van der Waals surface area contributed by atoms with E-state index in [4.69, 9.17) is 0 Å². The molecule has 0 unspecified atom stereocenters. The molecule has 1 aromatic rings. The van der Waals surface area contributed by atoms with Crippen molar-refractivity contribution in [3.8, 4) is 0 Å². The van der Waals surface area contributed by atoms with Gasteiger partial charge in [0.15, 0.2) is 5.03 Å². The number of piperidine rings is 1. The van der Waals surface area contributed by atoms with Gasteiger partial charge in [-0.05, 0) is 32.9 Å². The molecular weight excluding hydrogens is 321 g/mol. The third-order valence-electron chi connectivity index (χ3n) is 3.62. The molecule has 2 heterocycles. The first-order valence-electron chi connectivity index (χ1n) is 6.88. The predicted molar refractivity (Wildman–Crippen MR) is 73.8 cm³/mol. The largest absolute Gasteiger partial charge is 0.401 e. The van der Waals surface area contributed by atoms with Crippen molar-refractivity contribution in [2.75, 3.05) is 19.6 Å². The number of aromatic nitrogens is 2. The molecule has 1 saturated heterocycles. The van der Waals surface area contributed by atoms with Gasteiger partial charge in [-0.1, -0.05) is 0 Å². The van der Waals surface area contributed by atoms with Crippen LogP contribution in [-0.4, -0.2) is 55.0 Å². The van der Waals surface area contributed by atoms with Crippen LogP contribution in [0.3, 0.4) is 0 Å². The van der Waals surface area contributed by atoms with E-state index in [-0.39, 0.29) is 24.2 Å². The molecule has 0 spiro atoms. The lowest BCUT2D eigenvalue weighted by atomic mass is 10.1. The van der Waals surface area contributed by atoms with Gasteiger partial charge in [-0.25, -0.2) is 13.1 Å². The SMILES string of the molecule is Cc1cnn(C)c1S(=O)(=O)NC1CCN(CC(F)(F)F)CC1. The summed E-state index contributed by atoms with van der Waals surface area (Å²) < 4.78 is 65.5. The molecular formula is C12H19F3N4O2S. The summed E-state index contributed by atoms with van der Waals surface area (Å²) in [7, 11) is -2.19. The Bertz CT molecular complexity index is 599. The number of alkyl halides is 3. The van der Waals surface area contributed by atoms with Gasteiger partial charge in [0, 0.05) is 18.7 Å². The third-order valence-corrected chi connectivity index (χ3v) is 5.36. The predicted octanol–water partition coefficient (Wildman–Crippen LogP) is 1.03. The zero-order valence-electron chi connectivity index (χ0n) is 12.4. The Hall–Kier alpha value is -1.13. The van der Waals surface area contributed by atoms with Crippen molar-refractivity contribution >= 4 is 10.0 Å². The van der Waals surface area contributed by atoms with Crippen LogP contribution in [0.5, 0.6) is 0 Å². The smallest absolute Gasteiger partial charge is 0.295 e. The zero-order chi connectivity index (χ0) is 16.5. The summed E-state index contributed by atoms with van der Waals surface area (Å²) in [6.45, 7) is 1.13. The second kappa shape index (κ2) is 6.17. The van der Waals surface area contributed by atoms with Crippen LogP contribution in [0, 0.1) is 6.92 Å². The number of halogens is 3. The summed E-state index contributed by atoms with van der Waals surface area (Å²) in [5.41, 5.74) is 0.532. The maximum atomic E-state index is 12.3. The number of nitrogens with one attached hydrogen (secondary N) is 1. The van der Waals surface area contributed by atoms with Gasteiger partial charge in [0.1, 0.15) is 0 Å². The van der Waals surface area contributed by atoms with Crippen molar-refractivity contribution < 1.29 is 21.6 Å². The van der Waals surface area contributed by atoms with Crippen LogP contribution in [0.2, 0.25) is 0 Å². The Morgan fingerprint density at radius 2 is 1.95 bits per heavy atom. The van der Waals surface area contributed by atoms with Crippen LogP contribution in [0.25, 0.3) is 0 Å². The quantitative estimate of drug-likeness (QED) is 0.889. The molecule has 10 heteroatoms. The van der Waals surface area contributed by atoms with E-state index in [1.165, 1.54) is 22.8 Å². The zero-order valence-corrected chi connectivity index (χ0v) is 13.2. The molecule has 6 nitrogen and oxygen atoms in total. The molecule has 0 radical (unpaired) electrons. The fourth-order valence-electron chi connectivity index (χ4n) is 2.66. The van der Waals surface area contributed by atoms with Gasteiger partial charge in [0.05, 0.1) is 12.7 Å². The maximum Gasteiger partial charge on any atom is 0.401 e. The van der Waals surface area contributed by atoms with E-state index in [9.17, 15) is 21.6 Å². The summed E-state index contributed by atoms with van der Waals surface area (Å²) in [4.78, 5) is 1.29. The average molecular weight is 340 g/mol. The van der Waals surface area contributed by atoms with Crippen LogP contribution >= 0.6 is 0 Å². The highest BCUT2D eigenvalue weighted by molar-refractivity contribution is 7.89. The van der Waals surface area contributed by atoms with Crippen molar-refractivity contribution in [3.05, 3.63) is 11.8 Å². The van der Waals surface area contributed by atoms with Crippen LogP contribution in [0.15, 0.2) is 11.2 Å². The van der Waals surface area contributed by atoms with Crippen molar-refractivity contribution in [3.63, 3.8) is 0 Å². The van der Waals surface area contributed by atoms with Crippen molar-refractivity contribution in [2.24, 2.45) is 7.05 Å². The Morgan fingerprint density at radius 1 is 1.36 bits per heavy atom. The molecule has 1 fully saturated rings. The van der Waals surface area contributed by atoms with Gasteiger partial charge in [-0.2, -0.15) is 18.3 Å². The van der Waals surface area contributed by atoms with E-state index in [0.717, 1.165) is 0 Å². The van der Waals surface area contributed by atoms with E-state index in [0.29, 0.717) is 18.4 Å². The van der Waals surface area contributed by atoms with Crippen LogP contribution < -0.4 is 4.72 Å². The first-order chi connectivity index (χ1) is 10.1. The molecule has 1 aromatic heterocycles. The molecule has 0 bridgehead atoms. The van der Waals surface area contributed by atoms with Crippen LogP contribution in [0.1, 0.15) is 18.4 Å². The Kier molecular flexibility index (Phi) is 4.83. The lowest BCUT2D eigenvalue weighted by molar-refractivity contribution is -0.148. The van der Waals surface area contributed by atoms with Crippen LogP contribution in [-0.2, 0) is 17.1 Å². The number of sulfonamides is 1. The van der Waals surface area contributed by atoms with Gasteiger partial charge in [-0.15, -0.1) is 0 Å². The molecule has 0 atom stereocenters. The average Bonchev–Trinajstić information content (AvgIpc) is 2.70. The number of likely N-dealkylation sites (tertiary alicyclic amines) is 1. The number of hydrogen-bond acceptors (Lipinski definition) is 4. The molecule has 0 aromatic carbocycles. The maximum absolute atomic E-state index is 12.3. The normalized spacial score (nSPS) is 18.8. The highest BCUT2D eigenvalue weighted by Gasteiger charge is 2.33. The third kappa shape index (κ3) is 4.20. The summed E-state index contributed by atoms with van der Waals surface area (Å²) in [5, 5.41) is 3.98. The number of hydrogen-bond donors (Lipinski definition) is 1. The van der Waals surface area contributed by atoms with E-state index < -0.39 is 22.7 Å². The monoisotopic (exact) mass is 340 g/mol. The highest BCUT2D eigenvalue weighted by Crippen LogP contribution is 2.21. The Morgan fingerprint density at radius 3 is 2.41 bits per heavy atom. The van der Waals surface area contributed by atoms with Gasteiger partial charge in [-0.3, -0.25) is 9.58 Å². The molecule has 126 valence electrons. The summed E-state index contributed by atoms with van der Waals surface area (Å²) in [5.74, 6) is 0. The van der Waals surface area contributed by atoms with Crippen molar-refractivity contribution in [2.45, 2.75) is 37.0 Å². The summed E-state index contributed by atoms with van der Waals surface area (Å²) in [6.07, 6.45) is -2.06. The molecule has 1 N–H and O–H groups in total. The van der Waals surface area contributed by atoms with E-state index in [2.05, 4.69) is 9.82 Å². The molecule has 1 aliphatic rings. The molecule has 0 saturated carbocycles. The molecule has 22 heavy (non-hydrogen) atoms. The van der Waals surface area contributed by atoms with Gasteiger partial charge < -0.3 is 0 Å². The fourth-order valence-corrected chi connectivity index (χ4v) is 4.32. The summed E-state index contributed by atoms with van der Waals surface area (Å²) in [6, 6.07) is -0.358. The minimum absolute atomic E-state index is 0.0882. The van der Waals surface area contributed by atoms with Crippen molar-refractivity contribution in [1.29, 1.82) is 0 Å². The van der Waals surface area contributed by atoms with E-state index in [1.807, 2.05) is 0 Å². The van der Waals surface area contributed by atoms with E-state index in [1.54, 1.807) is 6.92 Å². The Labute approximate surface area is 127 Å². The van der Waals surface area contributed by atoms with Gasteiger partial charge in [0.25, 0.3) is 10.0 Å². The lowest BCUT2D eigenvalue weighted by Gasteiger charge is -2.32. The standard InChI is InChI=1S/C12H19F3N4O2S/c1-9-7-16-18(2)11(9)22(20,21)17-10-3-5-19(6-4-10)8-12(13,14)15/h7,10,17H,3-6,8H2,1-2H3. The van der Waals surface area contributed by atoms with E-state index >= 15 is 0 Å². The minimum atomic E-state index is -4.22. The van der Waals surface area contributed by atoms with Crippen molar-refractivity contribution in [1.82, 2.24) is 19.4 Å². The van der Waals surface area contributed by atoms with Gasteiger partial charge >= 0.3 is 6.18 Å². The first kappa shape index (κ1) is 17.2. The molecule has 1 aliphatic heterocycles. The number of nitrogens with zero attached hydrogens (tertiary/aromatic N) is 3. The second-order valence-electron chi connectivity index (χ2n) is 5.54. The fraction of sp³-hybridized carbons (Fsp3) is 0.750. The first-order valence-corrected chi connectivity index (χ1v) is 8.37. The molecule has 0 aliphatic carbocycles. The second-order valence-corrected chi connectivity index (χ2v) is 7.17. The molecule has 0 amide bonds. The number of aryl methyl sites for hydroxylation is 2. The Balaban J connectivity index is 1.96. The minimum Gasteiger partial charge on any atom is -0.295 e. The lowest BCUT2D eigenvalue weighted by Crippen LogP contribution is -2.47.